The maximum absolute atomic E-state index is 13.3. The molecule has 0 saturated carbocycles. The number of amides is 1. The lowest BCUT2D eigenvalue weighted by Crippen LogP contribution is -2.44. The Labute approximate surface area is 223 Å². The Balaban J connectivity index is 1.92. The van der Waals surface area contributed by atoms with Crippen LogP contribution in [0.2, 0.25) is 0 Å². The number of amidine groups is 1. The van der Waals surface area contributed by atoms with Gasteiger partial charge in [-0.2, -0.15) is 0 Å². The Bertz CT molecular complexity index is 1270. The van der Waals surface area contributed by atoms with Crippen molar-refractivity contribution in [3.8, 4) is 0 Å². The molecule has 0 bridgehead atoms. The third-order valence-electron chi connectivity index (χ3n) is 5.72. The second kappa shape index (κ2) is 12.9. The zero-order chi connectivity index (χ0) is 27.7. The van der Waals surface area contributed by atoms with Crippen molar-refractivity contribution in [2.75, 3.05) is 6.54 Å². The summed E-state index contributed by atoms with van der Waals surface area (Å²) >= 11 is 0. The molecule has 200 valence electrons. The molecule has 3 rings (SSSR count). The van der Waals surface area contributed by atoms with Crippen LogP contribution in [-0.2, 0) is 9.53 Å². The molecule has 38 heavy (non-hydrogen) atoms. The minimum absolute atomic E-state index is 0.252. The van der Waals surface area contributed by atoms with Crippen molar-refractivity contribution in [3.63, 3.8) is 0 Å². The number of hydrogen-bond donors (Lipinski definition) is 2. The molecule has 1 amide bonds. The van der Waals surface area contributed by atoms with E-state index in [4.69, 9.17) is 10.5 Å². The molecule has 1 heterocycles. The largest absolute Gasteiger partial charge is 0.458 e. The maximum Gasteiger partial charge on any atom is 0.329 e. The van der Waals surface area contributed by atoms with E-state index in [-0.39, 0.29) is 11.1 Å². The van der Waals surface area contributed by atoms with Crippen molar-refractivity contribution in [1.29, 1.82) is 0 Å². The van der Waals surface area contributed by atoms with Gasteiger partial charge in [0.2, 0.25) is 0 Å². The summed E-state index contributed by atoms with van der Waals surface area (Å²) in [6, 6.07) is 20.8. The number of aromatic nitrogens is 1. The molecule has 8 heteroatoms. The van der Waals surface area contributed by atoms with Crippen molar-refractivity contribution in [1.82, 2.24) is 9.88 Å². The summed E-state index contributed by atoms with van der Waals surface area (Å²) in [7, 11) is 0. The molecule has 0 fully saturated rings. The predicted octanol–water partition coefficient (Wildman–Crippen LogP) is 4.08. The SMILES string of the molecule is CC(N)=NCCC[C@H](NC(=O)c1ccc(=O)n(C(c2ccccc2)c2ccccc2)c1)C(=O)OC(C)(C)C. The molecule has 2 aromatic carbocycles. The summed E-state index contributed by atoms with van der Waals surface area (Å²) in [5.74, 6) is -0.552. The Morgan fingerprint density at radius 3 is 2.08 bits per heavy atom. The Kier molecular flexibility index (Phi) is 9.60. The van der Waals surface area contributed by atoms with Crippen LogP contribution in [-0.4, -0.2) is 40.5 Å². The lowest BCUT2D eigenvalue weighted by atomic mass is 9.98. The fraction of sp³-hybridized carbons (Fsp3) is 0.333. The molecule has 8 nitrogen and oxygen atoms in total. The molecular weight excluding hydrogens is 480 g/mol. The van der Waals surface area contributed by atoms with Gasteiger partial charge in [-0.05, 0) is 57.7 Å². The fourth-order valence-corrected chi connectivity index (χ4v) is 4.04. The van der Waals surface area contributed by atoms with E-state index in [0.29, 0.717) is 25.2 Å². The zero-order valence-electron chi connectivity index (χ0n) is 22.4. The van der Waals surface area contributed by atoms with E-state index in [9.17, 15) is 14.4 Å². The number of hydrogen-bond acceptors (Lipinski definition) is 5. The number of carbonyl (C=O) groups excluding carboxylic acids is 2. The topological polar surface area (TPSA) is 116 Å². The van der Waals surface area contributed by atoms with Crippen molar-refractivity contribution in [2.24, 2.45) is 10.7 Å². The average molecular weight is 517 g/mol. The number of ether oxygens (including phenoxy) is 1. The van der Waals surface area contributed by atoms with E-state index in [0.717, 1.165) is 11.1 Å². The molecule has 1 atom stereocenters. The first-order chi connectivity index (χ1) is 18.0. The average Bonchev–Trinajstić information content (AvgIpc) is 2.87. The standard InChI is InChI=1S/C30H36N4O4/c1-21(31)32-19-11-16-25(29(37)38-30(2,3)4)33-28(36)24-17-18-26(35)34(20-24)27(22-12-7-5-8-13-22)23-14-9-6-10-15-23/h5-10,12-15,17-18,20,25,27H,11,16,19H2,1-4H3,(H2,31,32)(H,33,36)/t25-/m0/s1. The highest BCUT2D eigenvalue weighted by atomic mass is 16.6. The number of nitrogens with one attached hydrogen (secondary N) is 1. The van der Waals surface area contributed by atoms with Crippen LogP contribution in [0, 0.1) is 0 Å². The predicted molar refractivity (Wildman–Crippen MR) is 149 cm³/mol. The van der Waals surface area contributed by atoms with Gasteiger partial charge >= 0.3 is 5.97 Å². The molecule has 0 saturated heterocycles. The second-order valence-corrected chi connectivity index (χ2v) is 10.1. The Morgan fingerprint density at radius 1 is 0.974 bits per heavy atom. The summed E-state index contributed by atoms with van der Waals surface area (Å²) in [5.41, 5.74) is 6.70. The van der Waals surface area contributed by atoms with Crippen LogP contribution in [0.15, 0.2) is 88.8 Å². The second-order valence-electron chi connectivity index (χ2n) is 10.1. The normalized spacial score (nSPS) is 12.7. The van der Waals surface area contributed by atoms with E-state index in [2.05, 4.69) is 10.3 Å². The van der Waals surface area contributed by atoms with Gasteiger partial charge in [0.25, 0.3) is 11.5 Å². The fourth-order valence-electron chi connectivity index (χ4n) is 4.04. The maximum atomic E-state index is 13.3. The number of carbonyl (C=O) groups is 2. The first kappa shape index (κ1) is 28.4. The lowest BCUT2D eigenvalue weighted by molar-refractivity contribution is -0.157. The van der Waals surface area contributed by atoms with Crippen LogP contribution >= 0.6 is 0 Å². The molecule has 3 N–H and O–H groups in total. The third-order valence-corrected chi connectivity index (χ3v) is 5.72. The zero-order valence-corrected chi connectivity index (χ0v) is 22.4. The van der Waals surface area contributed by atoms with Crippen LogP contribution < -0.4 is 16.6 Å². The van der Waals surface area contributed by atoms with E-state index in [1.54, 1.807) is 32.3 Å². The van der Waals surface area contributed by atoms with Crippen LogP contribution in [0.4, 0.5) is 0 Å². The molecular formula is C30H36N4O4. The van der Waals surface area contributed by atoms with Gasteiger partial charge < -0.3 is 20.4 Å². The van der Waals surface area contributed by atoms with E-state index < -0.39 is 29.6 Å². The molecule has 1 aromatic heterocycles. The molecule has 0 radical (unpaired) electrons. The molecule has 0 unspecified atom stereocenters. The smallest absolute Gasteiger partial charge is 0.329 e. The number of nitrogens with zero attached hydrogens (tertiary/aromatic N) is 2. The van der Waals surface area contributed by atoms with Gasteiger partial charge in [0, 0.05) is 18.8 Å². The van der Waals surface area contributed by atoms with Crippen molar-refractivity contribution >= 4 is 17.7 Å². The van der Waals surface area contributed by atoms with E-state index in [1.807, 2.05) is 60.7 Å². The molecule has 0 aliphatic carbocycles. The summed E-state index contributed by atoms with van der Waals surface area (Å²) in [6.45, 7) is 7.44. The highest BCUT2D eigenvalue weighted by Gasteiger charge is 2.27. The third kappa shape index (κ3) is 8.16. The number of nitrogens with two attached hydrogens (primary N) is 1. The highest BCUT2D eigenvalue weighted by molar-refractivity contribution is 5.96. The number of pyridine rings is 1. The Hall–Kier alpha value is -4.20. The summed E-state index contributed by atoms with van der Waals surface area (Å²) < 4.78 is 7.08. The highest BCUT2D eigenvalue weighted by Crippen LogP contribution is 2.25. The van der Waals surface area contributed by atoms with Crippen LogP contribution in [0.25, 0.3) is 0 Å². The van der Waals surface area contributed by atoms with Gasteiger partial charge in [-0.25, -0.2) is 4.79 Å². The number of esters is 1. The van der Waals surface area contributed by atoms with Gasteiger partial charge in [-0.3, -0.25) is 14.6 Å². The molecule has 0 aliphatic rings. The first-order valence-corrected chi connectivity index (χ1v) is 12.7. The number of rotatable bonds is 10. The van der Waals surface area contributed by atoms with Crippen molar-refractivity contribution < 1.29 is 14.3 Å². The van der Waals surface area contributed by atoms with Gasteiger partial charge in [-0.1, -0.05) is 60.7 Å². The monoisotopic (exact) mass is 516 g/mol. The molecule has 3 aromatic rings. The number of aliphatic imine (C=N–C) groups is 1. The summed E-state index contributed by atoms with van der Waals surface area (Å²) in [4.78, 5) is 43.4. The van der Waals surface area contributed by atoms with Gasteiger partial charge in [0.1, 0.15) is 11.6 Å². The van der Waals surface area contributed by atoms with Gasteiger partial charge in [0.15, 0.2) is 0 Å². The molecule has 0 aliphatic heterocycles. The van der Waals surface area contributed by atoms with Crippen LogP contribution in [0.3, 0.4) is 0 Å². The minimum Gasteiger partial charge on any atom is -0.458 e. The van der Waals surface area contributed by atoms with Crippen molar-refractivity contribution in [3.05, 3.63) is 106 Å². The quantitative estimate of drug-likeness (QED) is 0.182. The minimum atomic E-state index is -0.880. The van der Waals surface area contributed by atoms with Crippen LogP contribution in [0.5, 0.6) is 0 Å². The lowest BCUT2D eigenvalue weighted by Gasteiger charge is -2.25. The first-order valence-electron chi connectivity index (χ1n) is 12.7. The summed E-state index contributed by atoms with van der Waals surface area (Å²) in [5, 5.41) is 2.80. The van der Waals surface area contributed by atoms with Crippen molar-refractivity contribution in [2.45, 2.75) is 58.2 Å². The Morgan fingerprint density at radius 2 is 1.55 bits per heavy atom. The van der Waals surface area contributed by atoms with Gasteiger partial charge in [0.05, 0.1) is 17.4 Å². The van der Waals surface area contributed by atoms with Crippen LogP contribution in [0.1, 0.15) is 68.1 Å². The number of benzene rings is 2. The van der Waals surface area contributed by atoms with Gasteiger partial charge in [-0.15, -0.1) is 0 Å². The van der Waals surface area contributed by atoms with E-state index >= 15 is 0 Å². The summed E-state index contributed by atoms with van der Waals surface area (Å²) in [6.07, 6.45) is 2.40. The van der Waals surface area contributed by atoms with E-state index in [1.165, 1.54) is 18.3 Å². The molecule has 0 spiro atoms.